The summed E-state index contributed by atoms with van der Waals surface area (Å²) in [5.41, 5.74) is 0.810. The van der Waals surface area contributed by atoms with Crippen LogP contribution in [-0.2, 0) is 0 Å². The summed E-state index contributed by atoms with van der Waals surface area (Å²) in [6.45, 7) is 4.31. The van der Waals surface area contributed by atoms with Crippen LogP contribution in [0.25, 0.3) is 0 Å². The number of benzene rings is 1. The molecule has 1 N–H and O–H groups in total. The Balaban J connectivity index is 2.71. The Bertz CT molecular complexity index is 350. The van der Waals surface area contributed by atoms with Gasteiger partial charge in [-0.05, 0) is 25.0 Å². The summed E-state index contributed by atoms with van der Waals surface area (Å²) in [6, 6.07) is 7.61. The van der Waals surface area contributed by atoms with Gasteiger partial charge in [0.25, 0.3) is 0 Å². The summed E-state index contributed by atoms with van der Waals surface area (Å²) in [6.07, 6.45) is 6.06. The lowest BCUT2D eigenvalue weighted by molar-refractivity contribution is 0.183. The van der Waals surface area contributed by atoms with Gasteiger partial charge in [-0.2, -0.15) is 0 Å². The van der Waals surface area contributed by atoms with E-state index in [2.05, 4.69) is 19.0 Å². The SMILES string of the molecule is CCCCC(CC)Oc1ccccc1C=NO. The average Bonchev–Trinajstić information content (AvgIpc) is 2.36. The van der Waals surface area contributed by atoms with Crippen LogP contribution in [0, 0.1) is 0 Å². The predicted molar refractivity (Wildman–Crippen MR) is 70.1 cm³/mol. The van der Waals surface area contributed by atoms with E-state index < -0.39 is 0 Å². The first-order valence-electron chi connectivity index (χ1n) is 6.24. The third-order valence-electron chi connectivity index (χ3n) is 2.74. The molecule has 3 nitrogen and oxygen atoms in total. The van der Waals surface area contributed by atoms with Crippen molar-refractivity contribution >= 4 is 6.21 Å². The van der Waals surface area contributed by atoms with Crippen LogP contribution in [0.5, 0.6) is 5.75 Å². The average molecular weight is 235 g/mol. The molecule has 0 aromatic heterocycles. The molecule has 0 saturated carbocycles. The minimum Gasteiger partial charge on any atom is -0.490 e. The molecule has 0 heterocycles. The van der Waals surface area contributed by atoms with Crippen molar-refractivity contribution in [3.8, 4) is 5.75 Å². The quantitative estimate of drug-likeness (QED) is 0.443. The van der Waals surface area contributed by atoms with E-state index in [0.29, 0.717) is 0 Å². The molecule has 0 saturated heterocycles. The van der Waals surface area contributed by atoms with E-state index in [9.17, 15) is 0 Å². The highest BCUT2D eigenvalue weighted by Gasteiger charge is 2.09. The van der Waals surface area contributed by atoms with Crippen LogP contribution in [-0.4, -0.2) is 17.5 Å². The summed E-state index contributed by atoms with van der Waals surface area (Å²) in [5, 5.41) is 11.6. The normalized spacial score (nSPS) is 12.8. The van der Waals surface area contributed by atoms with Crippen molar-refractivity contribution in [2.75, 3.05) is 0 Å². The highest BCUT2D eigenvalue weighted by atomic mass is 16.5. The minimum atomic E-state index is 0.239. The van der Waals surface area contributed by atoms with Gasteiger partial charge in [-0.3, -0.25) is 0 Å². The molecule has 1 aromatic carbocycles. The first-order chi connectivity index (χ1) is 8.31. The first kappa shape index (κ1) is 13.6. The molecule has 3 heteroatoms. The molecule has 0 amide bonds. The molecule has 0 bridgehead atoms. The molecular weight excluding hydrogens is 214 g/mol. The van der Waals surface area contributed by atoms with E-state index in [1.165, 1.54) is 19.1 Å². The summed E-state index contributed by atoms with van der Waals surface area (Å²) < 4.78 is 5.95. The van der Waals surface area contributed by atoms with Crippen molar-refractivity contribution in [2.45, 2.75) is 45.6 Å². The van der Waals surface area contributed by atoms with E-state index in [0.717, 1.165) is 24.2 Å². The Morgan fingerprint density at radius 3 is 2.76 bits per heavy atom. The van der Waals surface area contributed by atoms with Gasteiger partial charge in [-0.1, -0.05) is 44.0 Å². The monoisotopic (exact) mass is 235 g/mol. The van der Waals surface area contributed by atoms with Crippen LogP contribution in [0.15, 0.2) is 29.4 Å². The van der Waals surface area contributed by atoms with Gasteiger partial charge in [0.1, 0.15) is 5.75 Å². The molecule has 0 aliphatic carbocycles. The Labute approximate surface area is 103 Å². The smallest absolute Gasteiger partial charge is 0.128 e. The molecule has 94 valence electrons. The van der Waals surface area contributed by atoms with Gasteiger partial charge in [0, 0.05) is 5.56 Å². The van der Waals surface area contributed by atoms with Crippen LogP contribution >= 0.6 is 0 Å². The molecule has 0 aliphatic heterocycles. The maximum Gasteiger partial charge on any atom is 0.128 e. The lowest BCUT2D eigenvalue weighted by Gasteiger charge is -2.18. The van der Waals surface area contributed by atoms with Crippen LogP contribution in [0.1, 0.15) is 45.1 Å². The van der Waals surface area contributed by atoms with Gasteiger partial charge in [0.15, 0.2) is 0 Å². The molecule has 0 aliphatic rings. The number of hydrogen-bond donors (Lipinski definition) is 1. The van der Waals surface area contributed by atoms with Crippen molar-refractivity contribution in [2.24, 2.45) is 5.16 Å². The molecule has 0 fully saturated rings. The van der Waals surface area contributed by atoms with E-state index >= 15 is 0 Å². The summed E-state index contributed by atoms with van der Waals surface area (Å²) >= 11 is 0. The summed E-state index contributed by atoms with van der Waals surface area (Å²) in [4.78, 5) is 0. The van der Waals surface area contributed by atoms with Crippen LogP contribution in [0.3, 0.4) is 0 Å². The van der Waals surface area contributed by atoms with Gasteiger partial charge in [0.05, 0.1) is 12.3 Å². The number of nitrogens with zero attached hydrogens (tertiary/aromatic N) is 1. The summed E-state index contributed by atoms with van der Waals surface area (Å²) in [7, 11) is 0. The standard InChI is InChI=1S/C14H21NO2/c1-3-5-9-13(4-2)17-14-10-7-6-8-12(14)11-15-16/h6-8,10-11,13,16H,3-5,9H2,1-2H3. The zero-order chi connectivity index (χ0) is 12.5. The Kier molecular flexibility index (Phi) is 6.15. The summed E-state index contributed by atoms with van der Waals surface area (Å²) in [5.74, 6) is 0.785. The van der Waals surface area contributed by atoms with E-state index in [1.54, 1.807) is 0 Å². The number of ether oxygens (including phenoxy) is 1. The Morgan fingerprint density at radius 1 is 1.35 bits per heavy atom. The fourth-order valence-electron chi connectivity index (χ4n) is 1.71. The topological polar surface area (TPSA) is 41.8 Å². The van der Waals surface area contributed by atoms with Crippen LogP contribution in [0.4, 0.5) is 0 Å². The van der Waals surface area contributed by atoms with Gasteiger partial charge in [-0.15, -0.1) is 0 Å². The molecule has 0 radical (unpaired) electrons. The van der Waals surface area contributed by atoms with E-state index in [4.69, 9.17) is 9.94 Å². The van der Waals surface area contributed by atoms with Crippen molar-refractivity contribution in [3.05, 3.63) is 29.8 Å². The van der Waals surface area contributed by atoms with Crippen LogP contribution < -0.4 is 4.74 Å². The second-order valence-corrected chi connectivity index (χ2v) is 4.07. The van der Waals surface area contributed by atoms with E-state index in [1.807, 2.05) is 24.3 Å². The molecule has 1 rings (SSSR count). The predicted octanol–water partition coefficient (Wildman–Crippen LogP) is 3.84. The maximum absolute atomic E-state index is 8.59. The Morgan fingerprint density at radius 2 is 2.12 bits per heavy atom. The first-order valence-corrected chi connectivity index (χ1v) is 6.24. The molecule has 0 spiro atoms. The highest BCUT2D eigenvalue weighted by Crippen LogP contribution is 2.20. The molecule has 1 unspecified atom stereocenters. The zero-order valence-electron chi connectivity index (χ0n) is 10.6. The molecular formula is C14H21NO2. The van der Waals surface area contributed by atoms with Crippen molar-refractivity contribution in [3.63, 3.8) is 0 Å². The Hall–Kier alpha value is -1.51. The molecule has 1 aromatic rings. The lowest BCUT2D eigenvalue weighted by atomic mass is 10.1. The largest absolute Gasteiger partial charge is 0.490 e. The number of unbranched alkanes of at least 4 members (excludes halogenated alkanes) is 1. The number of hydrogen-bond acceptors (Lipinski definition) is 3. The maximum atomic E-state index is 8.59. The minimum absolute atomic E-state index is 0.239. The van der Waals surface area contributed by atoms with Gasteiger partial charge >= 0.3 is 0 Å². The highest BCUT2D eigenvalue weighted by molar-refractivity contribution is 5.82. The van der Waals surface area contributed by atoms with Crippen LogP contribution in [0.2, 0.25) is 0 Å². The lowest BCUT2D eigenvalue weighted by Crippen LogP contribution is -2.16. The van der Waals surface area contributed by atoms with Crippen molar-refractivity contribution in [1.82, 2.24) is 0 Å². The van der Waals surface area contributed by atoms with E-state index in [-0.39, 0.29) is 6.10 Å². The van der Waals surface area contributed by atoms with Crippen molar-refractivity contribution in [1.29, 1.82) is 0 Å². The number of para-hydroxylation sites is 1. The van der Waals surface area contributed by atoms with Crippen molar-refractivity contribution < 1.29 is 9.94 Å². The van der Waals surface area contributed by atoms with Gasteiger partial charge in [0.2, 0.25) is 0 Å². The third kappa shape index (κ3) is 4.47. The molecule has 17 heavy (non-hydrogen) atoms. The number of rotatable bonds is 7. The molecule has 1 atom stereocenters. The number of oxime groups is 1. The van der Waals surface area contributed by atoms with Gasteiger partial charge in [-0.25, -0.2) is 0 Å². The third-order valence-corrected chi connectivity index (χ3v) is 2.74. The fraction of sp³-hybridized carbons (Fsp3) is 0.500. The zero-order valence-corrected chi connectivity index (χ0v) is 10.6. The fourth-order valence-corrected chi connectivity index (χ4v) is 1.71. The van der Waals surface area contributed by atoms with Gasteiger partial charge < -0.3 is 9.94 Å². The second kappa shape index (κ2) is 7.71. The second-order valence-electron chi connectivity index (χ2n) is 4.07.